The molecule has 122 valence electrons. The number of hydrogen-bond acceptors (Lipinski definition) is 3. The van der Waals surface area contributed by atoms with Crippen LogP contribution in [0.1, 0.15) is 53.4 Å². The van der Waals surface area contributed by atoms with Gasteiger partial charge in [-0.05, 0) is 37.8 Å². The molecule has 1 amide bonds. The van der Waals surface area contributed by atoms with Crippen molar-refractivity contribution in [3.8, 4) is 0 Å². The van der Waals surface area contributed by atoms with Crippen LogP contribution in [0.3, 0.4) is 0 Å². The summed E-state index contributed by atoms with van der Waals surface area (Å²) in [6.45, 7) is 13.2. The Bertz CT molecular complexity index is 347. The van der Waals surface area contributed by atoms with Gasteiger partial charge in [0.15, 0.2) is 0 Å². The predicted octanol–water partition coefficient (Wildman–Crippen LogP) is 2.30. The Morgan fingerprint density at radius 1 is 1.33 bits per heavy atom. The lowest BCUT2D eigenvalue weighted by Crippen LogP contribution is -2.40. The Labute approximate surface area is 130 Å². The highest BCUT2D eigenvalue weighted by atomic mass is 16.2. The van der Waals surface area contributed by atoms with Crippen molar-refractivity contribution in [2.24, 2.45) is 11.8 Å². The fraction of sp³-hybridized carbons (Fsp3) is 0.941. The van der Waals surface area contributed by atoms with Gasteiger partial charge in [-0.25, -0.2) is 0 Å². The van der Waals surface area contributed by atoms with Gasteiger partial charge in [-0.15, -0.1) is 0 Å². The molecule has 0 aromatic carbocycles. The highest BCUT2D eigenvalue weighted by Crippen LogP contribution is 2.25. The normalized spacial score (nSPS) is 32.1. The lowest BCUT2D eigenvalue weighted by Gasteiger charge is -2.27. The van der Waals surface area contributed by atoms with Gasteiger partial charge in [0.25, 0.3) is 0 Å². The Morgan fingerprint density at radius 3 is 2.67 bits per heavy atom. The number of carbonyl (C=O) groups excluding carboxylic acids is 1. The average Bonchev–Trinajstić information content (AvgIpc) is 3.06. The van der Waals surface area contributed by atoms with Gasteiger partial charge < -0.3 is 9.80 Å². The van der Waals surface area contributed by atoms with E-state index >= 15 is 0 Å². The van der Waals surface area contributed by atoms with E-state index in [1.54, 1.807) is 0 Å². The van der Waals surface area contributed by atoms with Gasteiger partial charge in [-0.2, -0.15) is 0 Å². The van der Waals surface area contributed by atoms with Crippen molar-refractivity contribution in [2.75, 3.05) is 26.2 Å². The molecule has 0 bridgehead atoms. The minimum Gasteiger partial charge on any atom is -0.325 e. The summed E-state index contributed by atoms with van der Waals surface area (Å²) < 4.78 is 0. The van der Waals surface area contributed by atoms with E-state index < -0.39 is 0 Å². The first-order valence-electron chi connectivity index (χ1n) is 8.89. The van der Waals surface area contributed by atoms with Crippen molar-refractivity contribution < 1.29 is 4.79 Å². The second-order valence-corrected chi connectivity index (χ2v) is 6.87. The number of nitrogens with zero attached hydrogens (tertiary/aromatic N) is 2. The molecule has 4 nitrogen and oxygen atoms in total. The summed E-state index contributed by atoms with van der Waals surface area (Å²) in [6.07, 6.45) is 4.76. The number of amides is 1. The van der Waals surface area contributed by atoms with Crippen molar-refractivity contribution in [3.05, 3.63) is 0 Å². The summed E-state index contributed by atoms with van der Waals surface area (Å²) in [5, 5.41) is 3.60. The topological polar surface area (TPSA) is 35.6 Å². The SMILES string of the molecule is CCCC1NC(C(C)CC)C(=O)N1CC1CCN(CC)C1. The molecule has 2 aliphatic rings. The zero-order valence-corrected chi connectivity index (χ0v) is 14.3. The van der Waals surface area contributed by atoms with Gasteiger partial charge in [-0.1, -0.05) is 40.5 Å². The molecule has 2 aliphatic heterocycles. The third kappa shape index (κ3) is 3.78. The number of rotatable bonds is 7. The first-order valence-corrected chi connectivity index (χ1v) is 8.89. The molecular formula is C17H33N3O. The van der Waals surface area contributed by atoms with E-state index in [0.717, 1.165) is 38.9 Å². The van der Waals surface area contributed by atoms with Crippen LogP contribution >= 0.6 is 0 Å². The molecule has 4 heteroatoms. The predicted molar refractivity (Wildman–Crippen MR) is 87.0 cm³/mol. The van der Waals surface area contributed by atoms with Crippen LogP contribution in [-0.4, -0.2) is 54.1 Å². The fourth-order valence-corrected chi connectivity index (χ4v) is 3.70. The van der Waals surface area contributed by atoms with E-state index in [1.165, 1.54) is 13.0 Å². The van der Waals surface area contributed by atoms with E-state index in [4.69, 9.17) is 0 Å². The van der Waals surface area contributed by atoms with Gasteiger partial charge >= 0.3 is 0 Å². The summed E-state index contributed by atoms with van der Waals surface area (Å²) in [4.78, 5) is 17.4. The summed E-state index contributed by atoms with van der Waals surface area (Å²) in [7, 11) is 0. The Morgan fingerprint density at radius 2 is 2.10 bits per heavy atom. The van der Waals surface area contributed by atoms with Crippen molar-refractivity contribution in [2.45, 2.75) is 65.6 Å². The van der Waals surface area contributed by atoms with Crippen LogP contribution in [0.5, 0.6) is 0 Å². The maximum atomic E-state index is 12.8. The van der Waals surface area contributed by atoms with Crippen LogP contribution in [0.2, 0.25) is 0 Å². The second kappa shape index (κ2) is 7.59. The van der Waals surface area contributed by atoms with Gasteiger partial charge in [0, 0.05) is 13.1 Å². The molecule has 2 saturated heterocycles. The molecule has 0 spiro atoms. The van der Waals surface area contributed by atoms with Crippen LogP contribution in [0.4, 0.5) is 0 Å². The monoisotopic (exact) mass is 295 g/mol. The third-order valence-corrected chi connectivity index (χ3v) is 5.34. The molecule has 1 N–H and O–H groups in total. The second-order valence-electron chi connectivity index (χ2n) is 6.87. The standard InChI is InChI=1S/C17H33N3O/c1-5-8-15-18-16(13(4)6-2)17(21)20(15)12-14-9-10-19(7-3)11-14/h13-16,18H,5-12H2,1-4H3. The van der Waals surface area contributed by atoms with E-state index in [-0.39, 0.29) is 12.2 Å². The molecule has 0 aromatic heterocycles. The Balaban J connectivity index is 1.99. The lowest BCUT2D eigenvalue weighted by molar-refractivity contribution is -0.131. The maximum Gasteiger partial charge on any atom is 0.241 e. The summed E-state index contributed by atoms with van der Waals surface area (Å²) >= 11 is 0. The van der Waals surface area contributed by atoms with Crippen molar-refractivity contribution >= 4 is 5.91 Å². The fourth-order valence-electron chi connectivity index (χ4n) is 3.70. The number of likely N-dealkylation sites (tertiary alicyclic amines) is 1. The molecule has 0 radical (unpaired) electrons. The van der Waals surface area contributed by atoms with Gasteiger partial charge in [-0.3, -0.25) is 10.1 Å². The van der Waals surface area contributed by atoms with Crippen LogP contribution in [-0.2, 0) is 4.79 Å². The molecule has 4 atom stereocenters. The molecule has 2 heterocycles. The van der Waals surface area contributed by atoms with Crippen LogP contribution in [0.15, 0.2) is 0 Å². The van der Waals surface area contributed by atoms with Gasteiger partial charge in [0.2, 0.25) is 5.91 Å². The quantitative estimate of drug-likeness (QED) is 0.783. The largest absolute Gasteiger partial charge is 0.325 e. The first kappa shape index (κ1) is 16.8. The summed E-state index contributed by atoms with van der Waals surface area (Å²) in [6, 6.07) is 0.0373. The molecule has 2 fully saturated rings. The molecule has 2 rings (SSSR count). The molecule has 4 unspecified atom stereocenters. The van der Waals surface area contributed by atoms with E-state index in [1.807, 2.05) is 0 Å². The summed E-state index contributed by atoms with van der Waals surface area (Å²) in [5.74, 6) is 1.43. The smallest absolute Gasteiger partial charge is 0.241 e. The van der Waals surface area contributed by atoms with Crippen LogP contribution < -0.4 is 5.32 Å². The minimum absolute atomic E-state index is 0.0373. The minimum atomic E-state index is 0.0373. The summed E-state index contributed by atoms with van der Waals surface area (Å²) in [5.41, 5.74) is 0. The van der Waals surface area contributed by atoms with Crippen LogP contribution in [0, 0.1) is 11.8 Å². The van der Waals surface area contributed by atoms with Crippen molar-refractivity contribution in [3.63, 3.8) is 0 Å². The number of carbonyl (C=O) groups is 1. The van der Waals surface area contributed by atoms with Crippen LogP contribution in [0.25, 0.3) is 0 Å². The first-order chi connectivity index (χ1) is 10.1. The molecular weight excluding hydrogens is 262 g/mol. The highest BCUT2D eigenvalue weighted by molar-refractivity contribution is 5.84. The highest BCUT2D eigenvalue weighted by Gasteiger charge is 2.41. The number of hydrogen-bond donors (Lipinski definition) is 1. The number of nitrogens with one attached hydrogen (secondary N) is 1. The third-order valence-electron chi connectivity index (χ3n) is 5.34. The van der Waals surface area contributed by atoms with E-state index in [0.29, 0.717) is 17.7 Å². The van der Waals surface area contributed by atoms with E-state index in [9.17, 15) is 4.79 Å². The Kier molecular flexibility index (Phi) is 6.06. The van der Waals surface area contributed by atoms with E-state index in [2.05, 4.69) is 42.8 Å². The molecule has 21 heavy (non-hydrogen) atoms. The maximum absolute atomic E-state index is 12.8. The molecule has 0 aliphatic carbocycles. The average molecular weight is 295 g/mol. The molecule has 0 aromatic rings. The Hall–Kier alpha value is -0.610. The lowest BCUT2D eigenvalue weighted by atomic mass is 9.99. The zero-order chi connectivity index (χ0) is 15.4. The van der Waals surface area contributed by atoms with Crippen molar-refractivity contribution in [1.82, 2.24) is 15.1 Å². The van der Waals surface area contributed by atoms with Crippen molar-refractivity contribution in [1.29, 1.82) is 0 Å². The van der Waals surface area contributed by atoms with Gasteiger partial charge in [0.05, 0.1) is 12.2 Å². The molecule has 0 saturated carbocycles. The van der Waals surface area contributed by atoms with Gasteiger partial charge in [0.1, 0.15) is 0 Å². The zero-order valence-electron chi connectivity index (χ0n) is 14.3.